The number of halogens is 1. The van der Waals surface area contributed by atoms with Gasteiger partial charge in [-0.05, 0) is 6.07 Å². The van der Waals surface area contributed by atoms with Crippen LogP contribution in [0.5, 0.6) is 0 Å². The second-order valence-electron chi connectivity index (χ2n) is 7.99. The molecule has 2 aromatic heterocycles. The molecule has 0 fully saturated rings. The van der Waals surface area contributed by atoms with Gasteiger partial charge >= 0.3 is 0 Å². The summed E-state index contributed by atoms with van der Waals surface area (Å²) in [6, 6.07) is 4.02. The van der Waals surface area contributed by atoms with E-state index in [0.717, 1.165) is 0 Å². The van der Waals surface area contributed by atoms with Crippen LogP contribution in [-0.2, 0) is 15.0 Å². The van der Waals surface area contributed by atoms with Gasteiger partial charge in [-0.15, -0.1) is 9.73 Å². The number of aromatic amines is 1. The fraction of sp³-hybridized carbons (Fsp3) is 0.368. The van der Waals surface area contributed by atoms with Crippen LogP contribution in [0.2, 0.25) is 5.02 Å². The molecule has 0 radical (unpaired) electrons. The Balaban J connectivity index is 1.98. The third-order valence-electron chi connectivity index (χ3n) is 4.42. The van der Waals surface area contributed by atoms with Gasteiger partial charge in [-0.25, -0.2) is 0 Å². The minimum atomic E-state index is -0.537. The lowest BCUT2D eigenvalue weighted by molar-refractivity contribution is -0.384. The molecule has 0 spiro atoms. The Morgan fingerprint density at radius 1 is 1.29 bits per heavy atom. The summed E-state index contributed by atoms with van der Waals surface area (Å²) >= 11 is 6.46. The Morgan fingerprint density at radius 2 is 2.00 bits per heavy atom. The molecule has 0 aliphatic rings. The average molecular weight is 448 g/mol. The van der Waals surface area contributed by atoms with Gasteiger partial charge in [-0.1, -0.05) is 32.4 Å². The number of nitrogens with one attached hydrogen (secondary N) is 3. The van der Waals surface area contributed by atoms with Crippen LogP contribution in [0.3, 0.4) is 0 Å². The number of amides is 2. The van der Waals surface area contributed by atoms with E-state index in [2.05, 4.69) is 25.8 Å². The first-order valence-electron chi connectivity index (χ1n) is 9.45. The quantitative estimate of drug-likeness (QED) is 0.390. The van der Waals surface area contributed by atoms with Crippen molar-refractivity contribution in [2.24, 2.45) is 0 Å². The summed E-state index contributed by atoms with van der Waals surface area (Å²) in [5.41, 5.74) is 1.26. The van der Waals surface area contributed by atoms with Crippen molar-refractivity contribution >= 4 is 40.4 Å². The molecule has 1 aromatic carbocycles. The summed E-state index contributed by atoms with van der Waals surface area (Å²) in [6.45, 7) is 7.43. The first kappa shape index (κ1) is 22.2. The van der Waals surface area contributed by atoms with Crippen LogP contribution in [0.1, 0.15) is 39.8 Å². The summed E-state index contributed by atoms with van der Waals surface area (Å²) in [5.74, 6) is -0.354. The summed E-state index contributed by atoms with van der Waals surface area (Å²) in [4.78, 5) is 37.0. The highest BCUT2D eigenvalue weighted by molar-refractivity contribution is 6.34. The van der Waals surface area contributed by atoms with Crippen molar-refractivity contribution in [2.75, 3.05) is 11.9 Å². The molecule has 3 N–H and O–H groups in total. The summed E-state index contributed by atoms with van der Waals surface area (Å²) in [7, 11) is 0. The zero-order valence-electron chi connectivity index (χ0n) is 17.4. The molecule has 3 aromatic rings. The summed E-state index contributed by atoms with van der Waals surface area (Å²) < 4.78 is 1.33. The van der Waals surface area contributed by atoms with Crippen LogP contribution in [0, 0.1) is 10.1 Å². The first-order chi connectivity index (χ1) is 14.5. The molecule has 0 atom stereocenters. The van der Waals surface area contributed by atoms with Crippen molar-refractivity contribution < 1.29 is 14.5 Å². The van der Waals surface area contributed by atoms with E-state index in [1.54, 1.807) is 0 Å². The van der Waals surface area contributed by atoms with Gasteiger partial charge in [-0.3, -0.25) is 19.7 Å². The van der Waals surface area contributed by atoms with Crippen LogP contribution < -0.4 is 10.6 Å². The van der Waals surface area contributed by atoms with Crippen molar-refractivity contribution in [1.82, 2.24) is 25.1 Å². The molecule has 12 heteroatoms. The number of anilines is 1. The van der Waals surface area contributed by atoms with E-state index in [1.807, 2.05) is 20.8 Å². The second-order valence-corrected chi connectivity index (χ2v) is 8.37. The topological polar surface area (TPSA) is 147 Å². The molecule has 164 valence electrons. The van der Waals surface area contributed by atoms with Crippen LogP contribution in [-0.4, -0.2) is 43.1 Å². The number of nitro groups is 1. The van der Waals surface area contributed by atoms with Gasteiger partial charge in [0.25, 0.3) is 5.69 Å². The van der Waals surface area contributed by atoms with Crippen molar-refractivity contribution in [3.8, 4) is 11.4 Å². The van der Waals surface area contributed by atoms with Gasteiger partial charge in [-0.2, -0.15) is 5.10 Å². The minimum Gasteiger partial charge on any atom is -0.356 e. The maximum atomic E-state index is 12.3. The van der Waals surface area contributed by atoms with Gasteiger partial charge in [0, 0.05) is 43.0 Å². The van der Waals surface area contributed by atoms with Crippen LogP contribution >= 0.6 is 11.6 Å². The van der Waals surface area contributed by atoms with Crippen molar-refractivity contribution in [2.45, 2.75) is 39.5 Å². The van der Waals surface area contributed by atoms with Gasteiger partial charge in [0.1, 0.15) is 5.02 Å². The molecule has 0 aliphatic heterocycles. The number of benzene rings is 1. The highest BCUT2D eigenvalue weighted by atomic mass is 35.5. The minimum absolute atomic E-state index is 0.0399. The lowest BCUT2D eigenvalue weighted by Crippen LogP contribution is -2.25. The number of carbonyl (C=O) groups is 2. The summed E-state index contributed by atoms with van der Waals surface area (Å²) in [6.07, 6.45) is 0.0399. The maximum absolute atomic E-state index is 12.3. The number of carbonyl (C=O) groups excluding carboxylic acids is 2. The molecular weight excluding hydrogens is 426 g/mol. The van der Waals surface area contributed by atoms with E-state index < -0.39 is 4.92 Å². The van der Waals surface area contributed by atoms with Crippen molar-refractivity contribution in [1.29, 1.82) is 0 Å². The predicted octanol–water partition coefficient (Wildman–Crippen LogP) is 3.05. The third-order valence-corrected chi connectivity index (χ3v) is 4.78. The Morgan fingerprint density at radius 3 is 2.58 bits per heavy atom. The standard InChI is InChI=1S/C19H22ClN7O4/c1-10(28)21-8-7-14(29)22-13-6-5-11(27(30)31)9-12(13)17-23-18-15(20)16(19(2,3)4)24-26(18)25-17/h5-6,9H,7-8H2,1-4H3,(H,21,28)(H,22,29)(H,23,25). The Bertz CT molecular complexity index is 1180. The number of H-pyrrole nitrogens is 1. The third kappa shape index (κ3) is 4.82. The SMILES string of the molecule is CC(=O)NCCC(=O)Nc1ccc([N+](=O)[O-])cc1-c1nn2nc(C(C)(C)C)c(Cl)c2[nH]1. The number of fused-ring (bicyclic) bond motifs is 1. The number of rotatable bonds is 6. The zero-order chi connectivity index (χ0) is 22.9. The van der Waals surface area contributed by atoms with E-state index in [-0.39, 0.29) is 41.7 Å². The van der Waals surface area contributed by atoms with Gasteiger partial charge < -0.3 is 15.6 Å². The highest BCUT2D eigenvalue weighted by Crippen LogP contribution is 2.34. The molecule has 11 nitrogen and oxygen atoms in total. The molecule has 0 bridgehead atoms. The smallest absolute Gasteiger partial charge is 0.270 e. The number of hydrogen-bond donors (Lipinski definition) is 3. The van der Waals surface area contributed by atoms with Gasteiger partial charge in [0.05, 0.1) is 16.3 Å². The highest BCUT2D eigenvalue weighted by Gasteiger charge is 2.26. The van der Waals surface area contributed by atoms with E-state index in [9.17, 15) is 19.7 Å². The van der Waals surface area contributed by atoms with Gasteiger partial charge in [0.15, 0.2) is 11.5 Å². The maximum Gasteiger partial charge on any atom is 0.270 e. The first-order valence-corrected chi connectivity index (χ1v) is 9.83. The molecule has 0 unspecified atom stereocenters. The largest absolute Gasteiger partial charge is 0.356 e. The van der Waals surface area contributed by atoms with Gasteiger partial charge in [0.2, 0.25) is 11.8 Å². The fourth-order valence-electron chi connectivity index (χ4n) is 2.91. The van der Waals surface area contributed by atoms with Crippen molar-refractivity contribution in [3.63, 3.8) is 0 Å². The van der Waals surface area contributed by atoms with E-state index in [1.165, 1.54) is 29.8 Å². The molecule has 0 saturated heterocycles. The summed E-state index contributed by atoms with van der Waals surface area (Å²) in [5, 5.41) is 25.7. The number of nitrogens with zero attached hydrogens (tertiary/aromatic N) is 4. The molecule has 31 heavy (non-hydrogen) atoms. The molecule has 2 heterocycles. The van der Waals surface area contributed by atoms with E-state index in [0.29, 0.717) is 27.6 Å². The van der Waals surface area contributed by atoms with Crippen LogP contribution in [0.4, 0.5) is 11.4 Å². The number of hydrogen-bond acceptors (Lipinski definition) is 6. The lowest BCUT2D eigenvalue weighted by Gasteiger charge is -2.14. The predicted molar refractivity (Wildman–Crippen MR) is 115 cm³/mol. The molecular formula is C19H22ClN7O4. The fourth-order valence-corrected chi connectivity index (χ4v) is 3.36. The Hall–Kier alpha value is -3.47. The second kappa shape index (κ2) is 8.34. The van der Waals surface area contributed by atoms with E-state index >= 15 is 0 Å². The van der Waals surface area contributed by atoms with Crippen molar-refractivity contribution in [3.05, 3.63) is 39.0 Å². The average Bonchev–Trinajstić information content (AvgIpc) is 3.21. The Kier molecular flexibility index (Phi) is 5.98. The number of aromatic nitrogens is 4. The number of non-ortho nitro benzene ring substituents is 1. The molecule has 3 rings (SSSR count). The normalized spacial score (nSPS) is 11.5. The van der Waals surface area contributed by atoms with Crippen LogP contribution in [0.25, 0.3) is 17.0 Å². The number of nitro benzene ring substituents is 1. The lowest BCUT2D eigenvalue weighted by atomic mass is 9.92. The monoisotopic (exact) mass is 447 g/mol. The molecule has 2 amide bonds. The molecule has 0 saturated carbocycles. The van der Waals surface area contributed by atoms with Crippen LogP contribution in [0.15, 0.2) is 18.2 Å². The van der Waals surface area contributed by atoms with E-state index in [4.69, 9.17) is 11.6 Å². The molecule has 0 aliphatic carbocycles. The zero-order valence-corrected chi connectivity index (χ0v) is 18.2. The Labute approximate surface area is 182 Å².